The summed E-state index contributed by atoms with van der Waals surface area (Å²) >= 11 is 3.43. The Hall–Kier alpha value is -0.810. The Bertz CT molecular complexity index is 413. The molecule has 1 heterocycles. The molecule has 0 radical (unpaired) electrons. The number of methoxy groups -OCH3 is 1. The number of hydrogen-bond acceptors (Lipinski definition) is 2. The third kappa shape index (κ3) is 2.90. The molecular formula is C12H17BrN2O2. The molecule has 1 aromatic rings. The van der Waals surface area contributed by atoms with Gasteiger partial charge < -0.3 is 14.2 Å². The first kappa shape index (κ1) is 12.6. The molecule has 4 nitrogen and oxygen atoms in total. The van der Waals surface area contributed by atoms with Crippen molar-refractivity contribution in [1.82, 2.24) is 9.47 Å². The van der Waals surface area contributed by atoms with E-state index in [2.05, 4.69) is 20.5 Å². The van der Waals surface area contributed by atoms with E-state index in [4.69, 9.17) is 4.74 Å². The lowest BCUT2D eigenvalue weighted by atomic mass is 10.3. The fourth-order valence-corrected chi connectivity index (χ4v) is 2.23. The molecule has 1 aliphatic rings. The Labute approximate surface area is 110 Å². The SMILES string of the molecule is COCCN(C)C(=O)c1cc(Br)cn1C1CC1. The number of nitrogens with zero attached hydrogens (tertiary/aromatic N) is 2. The maximum atomic E-state index is 12.2. The Morgan fingerprint density at radius 1 is 1.65 bits per heavy atom. The molecule has 0 unspecified atom stereocenters. The first-order chi connectivity index (χ1) is 8.13. The smallest absolute Gasteiger partial charge is 0.270 e. The van der Waals surface area contributed by atoms with Crippen molar-refractivity contribution >= 4 is 21.8 Å². The fourth-order valence-electron chi connectivity index (χ4n) is 1.80. The first-order valence-electron chi connectivity index (χ1n) is 5.75. The molecule has 1 aliphatic carbocycles. The summed E-state index contributed by atoms with van der Waals surface area (Å²) in [6.45, 7) is 1.18. The number of carbonyl (C=O) groups excluding carboxylic acids is 1. The van der Waals surface area contributed by atoms with Gasteiger partial charge in [0.15, 0.2) is 0 Å². The van der Waals surface area contributed by atoms with Crippen molar-refractivity contribution < 1.29 is 9.53 Å². The van der Waals surface area contributed by atoms with Gasteiger partial charge in [0, 0.05) is 37.4 Å². The van der Waals surface area contributed by atoms with Gasteiger partial charge in [-0.1, -0.05) is 0 Å². The minimum absolute atomic E-state index is 0.0552. The van der Waals surface area contributed by atoms with E-state index in [1.165, 1.54) is 12.8 Å². The van der Waals surface area contributed by atoms with Gasteiger partial charge in [0.2, 0.25) is 0 Å². The highest BCUT2D eigenvalue weighted by Gasteiger charge is 2.28. The average molecular weight is 301 g/mol. The lowest BCUT2D eigenvalue weighted by molar-refractivity contribution is 0.0733. The van der Waals surface area contributed by atoms with Crippen LogP contribution < -0.4 is 0 Å². The van der Waals surface area contributed by atoms with E-state index in [1.807, 2.05) is 12.3 Å². The van der Waals surface area contributed by atoms with Gasteiger partial charge >= 0.3 is 0 Å². The van der Waals surface area contributed by atoms with Crippen LogP contribution in [-0.4, -0.2) is 42.7 Å². The molecular weight excluding hydrogens is 284 g/mol. The van der Waals surface area contributed by atoms with Gasteiger partial charge in [0.05, 0.1) is 6.61 Å². The van der Waals surface area contributed by atoms with Gasteiger partial charge in [-0.25, -0.2) is 0 Å². The normalized spacial score (nSPS) is 15.0. The monoisotopic (exact) mass is 300 g/mol. The first-order valence-corrected chi connectivity index (χ1v) is 6.54. The topological polar surface area (TPSA) is 34.5 Å². The third-order valence-electron chi connectivity index (χ3n) is 2.95. The summed E-state index contributed by atoms with van der Waals surface area (Å²) in [5.74, 6) is 0.0552. The van der Waals surface area contributed by atoms with E-state index in [0.29, 0.717) is 19.2 Å². The molecule has 1 saturated carbocycles. The van der Waals surface area contributed by atoms with E-state index < -0.39 is 0 Å². The number of amides is 1. The van der Waals surface area contributed by atoms with Crippen molar-refractivity contribution in [2.24, 2.45) is 0 Å². The van der Waals surface area contributed by atoms with Crippen LogP contribution in [-0.2, 0) is 4.74 Å². The minimum Gasteiger partial charge on any atom is -0.383 e. The number of ether oxygens (including phenoxy) is 1. The summed E-state index contributed by atoms with van der Waals surface area (Å²) in [4.78, 5) is 13.9. The molecule has 5 heteroatoms. The summed E-state index contributed by atoms with van der Waals surface area (Å²) in [6.07, 6.45) is 4.33. The van der Waals surface area contributed by atoms with Gasteiger partial charge in [0.1, 0.15) is 5.69 Å². The lowest BCUT2D eigenvalue weighted by Crippen LogP contribution is -2.31. The summed E-state index contributed by atoms with van der Waals surface area (Å²) in [5, 5.41) is 0. The van der Waals surface area contributed by atoms with E-state index in [-0.39, 0.29) is 5.91 Å². The summed E-state index contributed by atoms with van der Waals surface area (Å²) in [7, 11) is 3.45. The highest BCUT2D eigenvalue weighted by Crippen LogP contribution is 2.37. The molecule has 0 spiro atoms. The van der Waals surface area contributed by atoms with E-state index in [1.54, 1.807) is 19.1 Å². The zero-order valence-electron chi connectivity index (χ0n) is 10.1. The van der Waals surface area contributed by atoms with E-state index in [9.17, 15) is 4.79 Å². The summed E-state index contributed by atoms with van der Waals surface area (Å²) in [5.41, 5.74) is 0.762. The van der Waals surface area contributed by atoms with Gasteiger partial charge in [-0.15, -0.1) is 0 Å². The van der Waals surface area contributed by atoms with Gasteiger partial charge in [-0.3, -0.25) is 4.79 Å². The summed E-state index contributed by atoms with van der Waals surface area (Å²) < 4.78 is 8.03. The number of carbonyl (C=O) groups is 1. The van der Waals surface area contributed by atoms with Crippen LogP contribution in [0.3, 0.4) is 0 Å². The second-order valence-electron chi connectivity index (χ2n) is 4.40. The van der Waals surface area contributed by atoms with Gasteiger partial charge in [-0.05, 0) is 34.8 Å². The fraction of sp³-hybridized carbons (Fsp3) is 0.583. The van der Waals surface area contributed by atoms with Crippen LogP contribution in [0.1, 0.15) is 29.4 Å². The molecule has 0 N–H and O–H groups in total. The van der Waals surface area contributed by atoms with Crippen LogP contribution in [0.5, 0.6) is 0 Å². The van der Waals surface area contributed by atoms with Crippen LogP contribution in [0, 0.1) is 0 Å². The number of likely N-dealkylation sites (N-methyl/N-ethyl adjacent to an activating group) is 1. The molecule has 0 saturated heterocycles. The summed E-state index contributed by atoms with van der Waals surface area (Å²) in [6, 6.07) is 2.40. The Morgan fingerprint density at radius 3 is 2.94 bits per heavy atom. The number of rotatable bonds is 5. The maximum absolute atomic E-state index is 12.2. The standard InChI is InChI=1S/C12H17BrN2O2/c1-14(5-6-17-2)12(16)11-7-9(13)8-15(11)10-3-4-10/h7-8,10H,3-6H2,1-2H3. The molecule has 1 fully saturated rings. The van der Waals surface area contributed by atoms with Crippen molar-refractivity contribution in [3.63, 3.8) is 0 Å². The average Bonchev–Trinajstić information content (AvgIpc) is 3.08. The van der Waals surface area contributed by atoms with Crippen molar-refractivity contribution in [2.45, 2.75) is 18.9 Å². The molecule has 17 heavy (non-hydrogen) atoms. The molecule has 1 aromatic heterocycles. The predicted octanol–water partition coefficient (Wildman–Crippen LogP) is 2.30. The molecule has 1 amide bonds. The second-order valence-corrected chi connectivity index (χ2v) is 5.32. The highest BCUT2D eigenvalue weighted by molar-refractivity contribution is 9.10. The molecule has 0 aromatic carbocycles. The van der Waals surface area contributed by atoms with Crippen LogP contribution in [0.15, 0.2) is 16.7 Å². The van der Waals surface area contributed by atoms with Crippen molar-refractivity contribution in [1.29, 1.82) is 0 Å². The lowest BCUT2D eigenvalue weighted by Gasteiger charge is -2.17. The number of halogens is 1. The zero-order valence-corrected chi connectivity index (χ0v) is 11.7. The Morgan fingerprint density at radius 2 is 2.35 bits per heavy atom. The molecule has 0 bridgehead atoms. The van der Waals surface area contributed by atoms with Gasteiger partial charge in [0.25, 0.3) is 5.91 Å². The molecule has 2 rings (SSSR count). The maximum Gasteiger partial charge on any atom is 0.270 e. The predicted molar refractivity (Wildman–Crippen MR) is 69.2 cm³/mol. The molecule has 94 valence electrons. The third-order valence-corrected chi connectivity index (χ3v) is 3.39. The number of hydrogen-bond donors (Lipinski definition) is 0. The van der Waals surface area contributed by atoms with Crippen LogP contribution in [0.25, 0.3) is 0 Å². The molecule has 0 atom stereocenters. The van der Waals surface area contributed by atoms with Crippen LogP contribution in [0.4, 0.5) is 0 Å². The van der Waals surface area contributed by atoms with Crippen molar-refractivity contribution in [3.8, 4) is 0 Å². The van der Waals surface area contributed by atoms with E-state index >= 15 is 0 Å². The zero-order chi connectivity index (χ0) is 12.4. The quantitative estimate of drug-likeness (QED) is 0.836. The Balaban J connectivity index is 2.12. The second kappa shape index (κ2) is 5.23. The van der Waals surface area contributed by atoms with Gasteiger partial charge in [-0.2, -0.15) is 0 Å². The Kier molecular flexibility index (Phi) is 3.89. The van der Waals surface area contributed by atoms with Crippen molar-refractivity contribution in [3.05, 3.63) is 22.4 Å². The van der Waals surface area contributed by atoms with Crippen molar-refractivity contribution in [2.75, 3.05) is 27.3 Å². The van der Waals surface area contributed by atoms with Crippen LogP contribution >= 0.6 is 15.9 Å². The highest BCUT2D eigenvalue weighted by atomic mass is 79.9. The minimum atomic E-state index is 0.0552. The number of aromatic nitrogens is 1. The van der Waals surface area contributed by atoms with E-state index in [0.717, 1.165) is 10.2 Å². The largest absolute Gasteiger partial charge is 0.383 e. The van der Waals surface area contributed by atoms with Crippen LogP contribution in [0.2, 0.25) is 0 Å². The molecule has 0 aliphatic heterocycles.